The van der Waals surface area contributed by atoms with Gasteiger partial charge in [-0.2, -0.15) is 0 Å². The Balaban J connectivity index is 2.88. The number of hydrogen-bond acceptors (Lipinski definition) is 9. The van der Waals surface area contributed by atoms with Crippen molar-refractivity contribution in [1.29, 1.82) is 0 Å². The van der Waals surface area contributed by atoms with Crippen molar-refractivity contribution < 1.29 is 39.3 Å². The van der Waals surface area contributed by atoms with Crippen LogP contribution in [0, 0.1) is 5.92 Å². The van der Waals surface area contributed by atoms with E-state index in [9.17, 15) is 34.5 Å². The molecule has 0 bridgehead atoms. The van der Waals surface area contributed by atoms with Crippen LogP contribution in [-0.4, -0.2) is 144 Å². The topological polar surface area (TPSA) is 163 Å². The molecule has 0 atom stereocenters. The molecule has 1 aliphatic rings. The van der Waals surface area contributed by atoms with Crippen LogP contribution in [0.15, 0.2) is 0 Å². The van der Waals surface area contributed by atoms with E-state index in [-0.39, 0.29) is 38.0 Å². The molecule has 1 aliphatic heterocycles. The first-order valence-electron chi connectivity index (χ1n) is 11.0. The highest BCUT2D eigenvalue weighted by atomic mass is 16.7. The van der Waals surface area contributed by atoms with Crippen LogP contribution in [-0.2, 0) is 24.0 Å². The van der Waals surface area contributed by atoms with Crippen molar-refractivity contribution in [3.05, 3.63) is 0 Å². The summed E-state index contributed by atoms with van der Waals surface area (Å²) in [5.41, 5.74) is 2.40. The third-order valence-electron chi connectivity index (χ3n) is 4.98. The van der Waals surface area contributed by atoms with E-state index in [4.69, 9.17) is 4.84 Å². The molecule has 0 spiro atoms. The van der Waals surface area contributed by atoms with Gasteiger partial charge in [-0.15, -0.1) is 0 Å². The van der Waals surface area contributed by atoms with Gasteiger partial charge >= 0.3 is 17.9 Å². The van der Waals surface area contributed by atoms with Crippen LogP contribution in [0.5, 0.6) is 0 Å². The summed E-state index contributed by atoms with van der Waals surface area (Å²) in [4.78, 5) is 58.1. The Hall–Kier alpha value is -2.32. The maximum Gasteiger partial charge on any atom is 0.317 e. The second-order valence-electron chi connectivity index (χ2n) is 8.52. The van der Waals surface area contributed by atoms with Crippen LogP contribution in [0.2, 0.25) is 0 Å². The largest absolute Gasteiger partial charge is 0.480 e. The predicted octanol–water partition coefficient (Wildman–Crippen LogP) is -1.83. The van der Waals surface area contributed by atoms with Crippen LogP contribution in [0.3, 0.4) is 0 Å². The fourth-order valence-corrected chi connectivity index (χ4v) is 3.31. The molecule has 0 aromatic heterocycles. The molecular formula is C20H37N5O8. The second-order valence-corrected chi connectivity index (χ2v) is 8.52. The zero-order valence-corrected chi connectivity index (χ0v) is 19.4. The first kappa shape index (κ1) is 28.7. The number of carboxylic acid groups (broad SMARTS) is 3. The van der Waals surface area contributed by atoms with E-state index in [1.165, 1.54) is 0 Å². The third kappa shape index (κ3) is 14.4. The number of carboxylic acids is 3. The molecular weight excluding hydrogens is 438 g/mol. The molecule has 0 aromatic carbocycles. The zero-order valence-electron chi connectivity index (χ0n) is 19.4. The van der Waals surface area contributed by atoms with Crippen molar-refractivity contribution in [3.63, 3.8) is 0 Å². The van der Waals surface area contributed by atoms with Crippen LogP contribution in [0.4, 0.5) is 0 Å². The van der Waals surface area contributed by atoms with Crippen LogP contribution < -0.4 is 5.48 Å². The van der Waals surface area contributed by atoms with E-state index in [0.717, 1.165) is 0 Å². The van der Waals surface area contributed by atoms with Crippen molar-refractivity contribution in [2.75, 3.05) is 85.1 Å². The van der Waals surface area contributed by atoms with Gasteiger partial charge in [0.05, 0.1) is 32.8 Å². The summed E-state index contributed by atoms with van der Waals surface area (Å²) in [6.45, 7) is 6.44. The Kier molecular flexibility index (Phi) is 13.5. The number of aliphatic carboxylic acids is 3. The van der Waals surface area contributed by atoms with E-state index >= 15 is 0 Å². The number of nitrogens with zero attached hydrogens (tertiary/aromatic N) is 4. The van der Waals surface area contributed by atoms with E-state index in [2.05, 4.69) is 5.48 Å². The molecule has 13 heteroatoms. The van der Waals surface area contributed by atoms with Crippen LogP contribution in [0.1, 0.15) is 13.8 Å². The van der Waals surface area contributed by atoms with Crippen LogP contribution >= 0.6 is 0 Å². The third-order valence-corrected chi connectivity index (χ3v) is 4.98. The van der Waals surface area contributed by atoms with Gasteiger partial charge < -0.3 is 15.3 Å². The van der Waals surface area contributed by atoms with Crippen molar-refractivity contribution in [2.24, 2.45) is 5.92 Å². The average Bonchev–Trinajstić information content (AvgIpc) is 2.68. The van der Waals surface area contributed by atoms with Gasteiger partial charge in [-0.1, -0.05) is 13.8 Å². The average molecular weight is 476 g/mol. The van der Waals surface area contributed by atoms with Gasteiger partial charge in [0, 0.05) is 52.4 Å². The van der Waals surface area contributed by atoms with Crippen molar-refractivity contribution in [1.82, 2.24) is 25.1 Å². The van der Waals surface area contributed by atoms with Gasteiger partial charge in [0.15, 0.2) is 0 Å². The summed E-state index contributed by atoms with van der Waals surface area (Å²) >= 11 is 0. The minimum absolute atomic E-state index is 0.0189. The molecule has 0 saturated carbocycles. The van der Waals surface area contributed by atoms with Gasteiger partial charge in [0.25, 0.3) is 5.91 Å². The molecule has 13 nitrogen and oxygen atoms in total. The van der Waals surface area contributed by atoms with Crippen molar-refractivity contribution in [3.8, 4) is 0 Å². The summed E-state index contributed by atoms with van der Waals surface area (Å²) in [7, 11) is 0. The number of carbonyl (C=O) groups excluding carboxylic acids is 1. The molecule has 4 N–H and O–H groups in total. The molecule has 33 heavy (non-hydrogen) atoms. The molecule has 0 aromatic rings. The number of hydrogen-bond donors (Lipinski definition) is 4. The zero-order chi connectivity index (χ0) is 24.8. The Labute approximate surface area is 193 Å². The molecule has 1 heterocycles. The lowest BCUT2D eigenvalue weighted by Crippen LogP contribution is -2.49. The highest BCUT2D eigenvalue weighted by Crippen LogP contribution is 2.01. The molecule has 1 saturated heterocycles. The lowest BCUT2D eigenvalue weighted by atomic mass is 10.2. The highest BCUT2D eigenvalue weighted by molar-refractivity contribution is 5.77. The van der Waals surface area contributed by atoms with Crippen molar-refractivity contribution >= 4 is 23.8 Å². The lowest BCUT2D eigenvalue weighted by molar-refractivity contribution is -0.141. The second kappa shape index (κ2) is 15.5. The first-order chi connectivity index (χ1) is 15.5. The molecule has 1 amide bonds. The van der Waals surface area contributed by atoms with E-state index in [0.29, 0.717) is 59.0 Å². The quantitative estimate of drug-likeness (QED) is 0.247. The summed E-state index contributed by atoms with van der Waals surface area (Å²) < 4.78 is 0. The number of hydroxylamine groups is 1. The predicted molar refractivity (Wildman–Crippen MR) is 118 cm³/mol. The Morgan fingerprint density at radius 1 is 0.667 bits per heavy atom. The summed E-state index contributed by atoms with van der Waals surface area (Å²) in [6.07, 6.45) is 0. The summed E-state index contributed by atoms with van der Waals surface area (Å²) in [6, 6.07) is 0. The minimum Gasteiger partial charge on any atom is -0.480 e. The molecule has 0 aliphatic carbocycles. The molecule has 0 radical (unpaired) electrons. The maximum atomic E-state index is 12.3. The Morgan fingerprint density at radius 2 is 0.970 bits per heavy atom. The normalized spacial score (nSPS) is 18.4. The van der Waals surface area contributed by atoms with Gasteiger partial charge in [-0.25, -0.2) is 5.48 Å². The van der Waals surface area contributed by atoms with Gasteiger partial charge in [-0.3, -0.25) is 43.6 Å². The summed E-state index contributed by atoms with van der Waals surface area (Å²) in [5, 5.41) is 27.6. The van der Waals surface area contributed by atoms with Crippen LogP contribution in [0.25, 0.3) is 0 Å². The standard InChI is InChI=1S/C20H37N5O8/c1-16(2)15-33-21-17(26)11-22-3-5-23(12-18(27)28)7-9-25(14-20(31)32)10-8-24(6-4-22)13-19(29)30/h16H,3-15H2,1-2H3,(H,21,26)(H,27,28)(H,29,30)(H,31,32). The smallest absolute Gasteiger partial charge is 0.317 e. The molecule has 190 valence electrons. The first-order valence-corrected chi connectivity index (χ1v) is 11.0. The minimum atomic E-state index is -1.01. The maximum absolute atomic E-state index is 12.3. The lowest BCUT2D eigenvalue weighted by Gasteiger charge is -2.32. The Morgan fingerprint density at radius 3 is 1.24 bits per heavy atom. The molecule has 0 unspecified atom stereocenters. The van der Waals surface area contributed by atoms with Gasteiger partial charge in [0.2, 0.25) is 0 Å². The van der Waals surface area contributed by atoms with E-state index < -0.39 is 17.9 Å². The van der Waals surface area contributed by atoms with Crippen molar-refractivity contribution in [2.45, 2.75) is 13.8 Å². The van der Waals surface area contributed by atoms with E-state index in [1.807, 2.05) is 18.7 Å². The molecule has 1 fully saturated rings. The number of rotatable bonds is 11. The van der Waals surface area contributed by atoms with E-state index in [1.54, 1.807) is 14.7 Å². The van der Waals surface area contributed by atoms with Gasteiger partial charge in [-0.05, 0) is 5.92 Å². The van der Waals surface area contributed by atoms with Gasteiger partial charge in [0.1, 0.15) is 0 Å². The number of carbonyl (C=O) groups is 4. The number of nitrogens with one attached hydrogen (secondary N) is 1. The molecule has 1 rings (SSSR count). The monoisotopic (exact) mass is 475 g/mol. The fourth-order valence-electron chi connectivity index (χ4n) is 3.31. The number of amides is 1. The fraction of sp³-hybridized carbons (Fsp3) is 0.800. The highest BCUT2D eigenvalue weighted by Gasteiger charge is 2.21. The summed E-state index contributed by atoms with van der Waals surface area (Å²) in [5.74, 6) is -3.09. The Bertz CT molecular complexity index is 616. The SMILES string of the molecule is CC(C)CONC(=O)CN1CCN(CC(=O)O)CCN(CC(=O)O)CCN(CC(=O)O)CC1.